The van der Waals surface area contributed by atoms with Crippen molar-refractivity contribution in [2.75, 3.05) is 6.54 Å². The Morgan fingerprint density at radius 3 is 2.25 bits per heavy atom. The number of carbonyl (C=O) groups excluding carboxylic acids is 2. The van der Waals surface area contributed by atoms with E-state index < -0.39 is 11.9 Å². The van der Waals surface area contributed by atoms with Gasteiger partial charge in [-0.3, -0.25) is 9.59 Å². The summed E-state index contributed by atoms with van der Waals surface area (Å²) in [6.45, 7) is 4.62. The molecule has 0 radical (unpaired) electrons. The fourth-order valence-electron chi connectivity index (χ4n) is 0.899. The number of allylic oxidation sites excluding steroid dienone is 1. The van der Waals surface area contributed by atoms with Gasteiger partial charge in [-0.2, -0.15) is 0 Å². The van der Waals surface area contributed by atoms with Crippen molar-refractivity contribution in [2.24, 2.45) is 5.92 Å². The molecule has 6 nitrogen and oxygen atoms in total. The number of hydrogen-bond acceptors (Lipinski definition) is 3. The first kappa shape index (κ1) is 14.2. The molecule has 0 rings (SSSR count). The number of nitrogens with one attached hydrogen (secondary N) is 2. The van der Waals surface area contributed by atoms with E-state index in [4.69, 9.17) is 5.11 Å². The van der Waals surface area contributed by atoms with Gasteiger partial charge in [0.15, 0.2) is 0 Å². The highest BCUT2D eigenvalue weighted by Crippen LogP contribution is 1.99. The molecule has 0 aromatic carbocycles. The number of carboxylic acids is 1. The molecular formula is C10H16N2O4. The van der Waals surface area contributed by atoms with Crippen LogP contribution in [0.2, 0.25) is 0 Å². The van der Waals surface area contributed by atoms with Crippen LogP contribution in [-0.4, -0.2) is 29.4 Å². The zero-order valence-electron chi connectivity index (χ0n) is 9.53. The van der Waals surface area contributed by atoms with Gasteiger partial charge < -0.3 is 15.7 Å². The van der Waals surface area contributed by atoms with E-state index in [1.165, 1.54) is 13.0 Å². The summed E-state index contributed by atoms with van der Waals surface area (Å²) in [4.78, 5) is 32.5. The molecule has 2 amide bonds. The van der Waals surface area contributed by atoms with Gasteiger partial charge in [-0.25, -0.2) is 4.79 Å². The minimum atomic E-state index is -1.20. The normalized spacial score (nSPS) is 11.1. The zero-order valence-corrected chi connectivity index (χ0v) is 9.53. The smallest absolute Gasteiger partial charge is 0.352 e. The Kier molecular flexibility index (Phi) is 5.84. The standard InChI is InChI=1S/C10H16N2O4/c1-6(2)4-8(10(15)16)12-9(14)5-11-7(3)13/h4,6H,5H2,1-3H3,(H,11,13)(H,12,14)(H,15,16). The van der Waals surface area contributed by atoms with Crippen LogP contribution >= 0.6 is 0 Å². The molecule has 0 saturated carbocycles. The maximum atomic E-state index is 11.2. The molecule has 0 aliphatic heterocycles. The molecule has 0 bridgehead atoms. The van der Waals surface area contributed by atoms with Crippen molar-refractivity contribution in [3.63, 3.8) is 0 Å². The van der Waals surface area contributed by atoms with Gasteiger partial charge in [0, 0.05) is 6.92 Å². The lowest BCUT2D eigenvalue weighted by molar-refractivity contribution is -0.134. The summed E-state index contributed by atoms with van der Waals surface area (Å²) in [6, 6.07) is 0. The lowest BCUT2D eigenvalue weighted by Crippen LogP contribution is -2.37. The van der Waals surface area contributed by atoms with Crippen molar-refractivity contribution < 1.29 is 19.5 Å². The van der Waals surface area contributed by atoms with Crippen molar-refractivity contribution in [1.29, 1.82) is 0 Å². The van der Waals surface area contributed by atoms with Crippen LogP contribution in [0.4, 0.5) is 0 Å². The highest BCUT2D eigenvalue weighted by Gasteiger charge is 2.11. The second-order valence-corrected chi connectivity index (χ2v) is 3.59. The van der Waals surface area contributed by atoms with Gasteiger partial charge in [0.05, 0.1) is 6.54 Å². The lowest BCUT2D eigenvalue weighted by Gasteiger charge is -2.07. The highest BCUT2D eigenvalue weighted by molar-refractivity contribution is 5.94. The van der Waals surface area contributed by atoms with Crippen molar-refractivity contribution in [1.82, 2.24) is 10.6 Å². The summed E-state index contributed by atoms with van der Waals surface area (Å²) in [6.07, 6.45) is 1.42. The van der Waals surface area contributed by atoms with Crippen LogP contribution in [0.25, 0.3) is 0 Å². The van der Waals surface area contributed by atoms with Gasteiger partial charge in [0.2, 0.25) is 11.8 Å². The molecule has 0 heterocycles. The fourth-order valence-corrected chi connectivity index (χ4v) is 0.899. The first-order valence-electron chi connectivity index (χ1n) is 4.82. The largest absolute Gasteiger partial charge is 0.477 e. The summed E-state index contributed by atoms with van der Waals surface area (Å²) in [5, 5.41) is 13.3. The number of hydrogen-bond donors (Lipinski definition) is 3. The third-order valence-corrected chi connectivity index (χ3v) is 1.50. The monoisotopic (exact) mass is 228 g/mol. The Bertz CT molecular complexity index is 321. The third-order valence-electron chi connectivity index (χ3n) is 1.50. The van der Waals surface area contributed by atoms with Crippen LogP contribution in [0.3, 0.4) is 0 Å². The van der Waals surface area contributed by atoms with Gasteiger partial charge in [0.1, 0.15) is 5.70 Å². The molecule has 0 aromatic rings. The minimum absolute atomic E-state index is 0.00664. The quantitative estimate of drug-likeness (QED) is 0.571. The molecule has 0 aromatic heterocycles. The van der Waals surface area contributed by atoms with Crippen LogP contribution in [0.5, 0.6) is 0 Å². The van der Waals surface area contributed by atoms with E-state index >= 15 is 0 Å². The molecular weight excluding hydrogens is 212 g/mol. The molecule has 0 spiro atoms. The molecule has 6 heteroatoms. The molecule has 0 saturated heterocycles. The predicted molar refractivity (Wildman–Crippen MR) is 57.4 cm³/mol. The molecule has 0 fully saturated rings. The summed E-state index contributed by atoms with van der Waals surface area (Å²) in [7, 11) is 0. The van der Waals surface area contributed by atoms with Crippen LogP contribution in [0.15, 0.2) is 11.8 Å². The zero-order chi connectivity index (χ0) is 12.7. The van der Waals surface area contributed by atoms with Crippen molar-refractivity contribution in [3.8, 4) is 0 Å². The number of aliphatic carboxylic acids is 1. The Morgan fingerprint density at radius 1 is 1.31 bits per heavy atom. The number of rotatable bonds is 5. The van der Waals surface area contributed by atoms with Gasteiger partial charge >= 0.3 is 5.97 Å². The second kappa shape index (κ2) is 6.60. The van der Waals surface area contributed by atoms with E-state index in [1.807, 2.05) is 0 Å². The summed E-state index contributed by atoms with van der Waals surface area (Å²) < 4.78 is 0. The van der Waals surface area contributed by atoms with E-state index in [9.17, 15) is 14.4 Å². The molecule has 0 aliphatic carbocycles. The Labute approximate surface area is 93.7 Å². The van der Waals surface area contributed by atoms with Crippen LogP contribution < -0.4 is 10.6 Å². The fraction of sp³-hybridized carbons (Fsp3) is 0.500. The summed E-state index contributed by atoms with van der Waals surface area (Å²) >= 11 is 0. The Morgan fingerprint density at radius 2 is 1.88 bits per heavy atom. The predicted octanol–water partition coefficient (Wildman–Crippen LogP) is -0.137. The molecule has 0 unspecified atom stereocenters. The van der Waals surface area contributed by atoms with Crippen molar-refractivity contribution >= 4 is 17.8 Å². The van der Waals surface area contributed by atoms with Gasteiger partial charge in [0.25, 0.3) is 0 Å². The summed E-state index contributed by atoms with van der Waals surface area (Å²) in [5.74, 6) is -2.11. The second-order valence-electron chi connectivity index (χ2n) is 3.59. The number of carbonyl (C=O) groups is 3. The van der Waals surface area contributed by atoms with Gasteiger partial charge in [-0.15, -0.1) is 0 Å². The van der Waals surface area contributed by atoms with Gasteiger partial charge in [-0.1, -0.05) is 19.9 Å². The van der Waals surface area contributed by atoms with Crippen molar-refractivity contribution in [2.45, 2.75) is 20.8 Å². The minimum Gasteiger partial charge on any atom is -0.477 e. The first-order valence-corrected chi connectivity index (χ1v) is 4.82. The highest BCUT2D eigenvalue weighted by atomic mass is 16.4. The summed E-state index contributed by atoms with van der Waals surface area (Å²) in [5.41, 5.74) is -0.176. The maximum absolute atomic E-state index is 11.2. The molecule has 3 N–H and O–H groups in total. The van der Waals surface area contributed by atoms with E-state index in [-0.39, 0.29) is 24.1 Å². The number of carboxylic acid groups (broad SMARTS) is 1. The van der Waals surface area contributed by atoms with Gasteiger partial charge in [-0.05, 0) is 5.92 Å². The SMILES string of the molecule is CC(=O)NCC(=O)NC(=CC(C)C)C(=O)O. The molecule has 16 heavy (non-hydrogen) atoms. The topological polar surface area (TPSA) is 95.5 Å². The van der Waals surface area contributed by atoms with E-state index in [2.05, 4.69) is 10.6 Å². The Hall–Kier alpha value is -1.85. The van der Waals surface area contributed by atoms with E-state index in [0.29, 0.717) is 0 Å². The number of amides is 2. The Balaban J connectivity index is 4.36. The average Bonchev–Trinajstić information content (AvgIpc) is 2.12. The molecule has 0 aliphatic rings. The van der Waals surface area contributed by atoms with Crippen LogP contribution in [-0.2, 0) is 14.4 Å². The average molecular weight is 228 g/mol. The third kappa shape index (κ3) is 6.58. The van der Waals surface area contributed by atoms with Crippen molar-refractivity contribution in [3.05, 3.63) is 11.8 Å². The maximum Gasteiger partial charge on any atom is 0.352 e. The lowest BCUT2D eigenvalue weighted by atomic mass is 10.2. The van der Waals surface area contributed by atoms with E-state index in [1.54, 1.807) is 13.8 Å². The van der Waals surface area contributed by atoms with Crippen LogP contribution in [0.1, 0.15) is 20.8 Å². The molecule has 90 valence electrons. The first-order chi connectivity index (χ1) is 7.32. The van der Waals surface area contributed by atoms with E-state index in [0.717, 1.165) is 0 Å². The van der Waals surface area contributed by atoms with Crippen LogP contribution in [0, 0.1) is 5.92 Å². The molecule has 0 atom stereocenters.